The van der Waals surface area contributed by atoms with Crippen LogP contribution in [0.2, 0.25) is 0 Å². The van der Waals surface area contributed by atoms with Gasteiger partial charge in [-0.05, 0) is 26.3 Å². The van der Waals surface area contributed by atoms with Gasteiger partial charge >= 0.3 is 0 Å². The van der Waals surface area contributed by atoms with Gasteiger partial charge in [0, 0.05) is 31.9 Å². The van der Waals surface area contributed by atoms with Crippen LogP contribution in [0, 0.1) is 6.92 Å². The maximum atomic E-state index is 11.8. The van der Waals surface area contributed by atoms with Crippen molar-refractivity contribution in [2.75, 3.05) is 13.1 Å². The van der Waals surface area contributed by atoms with Gasteiger partial charge in [-0.1, -0.05) is 0 Å². The summed E-state index contributed by atoms with van der Waals surface area (Å²) in [4.78, 5) is 15.9. The standard InChI is InChI=1S/C13H22N4O2.2ClH/c1-10-15-6-8-17(10)7-2-3-13(19)16-11-4-5-14-9-12(11)18;;/h6,8,11-12,14,18H,2-5,7,9H2,1H3,(H,16,19);2*1H/t11-,12-;;/m1../s1. The van der Waals surface area contributed by atoms with Crippen LogP contribution in [-0.2, 0) is 11.3 Å². The fourth-order valence-electron chi connectivity index (χ4n) is 2.34. The number of β-amino-alcohol motifs (C(OH)–C–C–N with tert-alkyl or cyclic N) is 1. The lowest BCUT2D eigenvalue weighted by atomic mass is 10.0. The normalized spacial score (nSPS) is 21.0. The van der Waals surface area contributed by atoms with Gasteiger partial charge in [0.1, 0.15) is 5.82 Å². The van der Waals surface area contributed by atoms with E-state index in [0.29, 0.717) is 13.0 Å². The van der Waals surface area contributed by atoms with Crippen molar-refractivity contribution in [1.82, 2.24) is 20.2 Å². The van der Waals surface area contributed by atoms with Gasteiger partial charge in [0.05, 0.1) is 12.1 Å². The third-order valence-electron chi connectivity index (χ3n) is 3.52. The Morgan fingerprint density at radius 1 is 1.57 bits per heavy atom. The molecule has 1 aliphatic heterocycles. The van der Waals surface area contributed by atoms with Crippen LogP contribution in [0.25, 0.3) is 0 Å². The number of piperidine rings is 1. The number of rotatable bonds is 5. The minimum absolute atomic E-state index is 0. The zero-order valence-corrected chi connectivity index (χ0v) is 13.8. The number of imidazole rings is 1. The lowest BCUT2D eigenvalue weighted by Crippen LogP contribution is -2.52. The van der Waals surface area contributed by atoms with Gasteiger partial charge in [0.15, 0.2) is 0 Å². The highest BCUT2D eigenvalue weighted by molar-refractivity contribution is 5.85. The summed E-state index contributed by atoms with van der Waals surface area (Å²) in [6, 6.07) is -0.108. The van der Waals surface area contributed by atoms with E-state index in [4.69, 9.17) is 0 Å². The second-order valence-corrected chi connectivity index (χ2v) is 5.01. The minimum Gasteiger partial charge on any atom is -0.390 e. The van der Waals surface area contributed by atoms with Crippen LogP contribution in [0.5, 0.6) is 0 Å². The highest BCUT2D eigenvalue weighted by Gasteiger charge is 2.23. The minimum atomic E-state index is -0.478. The summed E-state index contributed by atoms with van der Waals surface area (Å²) >= 11 is 0. The third-order valence-corrected chi connectivity index (χ3v) is 3.52. The fraction of sp³-hybridized carbons (Fsp3) is 0.692. The lowest BCUT2D eigenvalue weighted by Gasteiger charge is -2.29. The first kappa shape index (κ1) is 20.2. The molecule has 2 rings (SSSR count). The average Bonchev–Trinajstić information content (AvgIpc) is 2.78. The quantitative estimate of drug-likeness (QED) is 0.736. The topological polar surface area (TPSA) is 79.2 Å². The number of nitrogens with one attached hydrogen (secondary N) is 2. The number of hydrogen-bond acceptors (Lipinski definition) is 4. The number of carbonyl (C=O) groups excluding carboxylic acids is 1. The third kappa shape index (κ3) is 6.22. The number of amides is 1. The van der Waals surface area contributed by atoms with Gasteiger partial charge in [-0.3, -0.25) is 4.79 Å². The molecular weight excluding hydrogens is 315 g/mol. The van der Waals surface area contributed by atoms with Crippen LogP contribution in [-0.4, -0.2) is 45.8 Å². The van der Waals surface area contributed by atoms with Crippen LogP contribution < -0.4 is 10.6 Å². The summed E-state index contributed by atoms with van der Waals surface area (Å²) in [5, 5.41) is 15.7. The molecular formula is C13H24Cl2N4O2. The molecule has 1 amide bonds. The van der Waals surface area contributed by atoms with E-state index in [9.17, 15) is 9.90 Å². The van der Waals surface area contributed by atoms with Crippen molar-refractivity contribution in [3.8, 4) is 0 Å². The van der Waals surface area contributed by atoms with Crippen LogP contribution in [0.15, 0.2) is 12.4 Å². The lowest BCUT2D eigenvalue weighted by molar-refractivity contribution is -0.123. The van der Waals surface area contributed by atoms with Crippen molar-refractivity contribution in [2.45, 2.75) is 44.9 Å². The molecule has 1 fully saturated rings. The smallest absolute Gasteiger partial charge is 0.220 e. The van der Waals surface area contributed by atoms with Gasteiger partial charge in [-0.15, -0.1) is 24.8 Å². The van der Waals surface area contributed by atoms with Gasteiger partial charge in [-0.2, -0.15) is 0 Å². The van der Waals surface area contributed by atoms with E-state index in [1.54, 1.807) is 6.20 Å². The summed E-state index contributed by atoms with van der Waals surface area (Å²) in [6.45, 7) is 4.15. The van der Waals surface area contributed by atoms with E-state index < -0.39 is 6.10 Å². The average molecular weight is 339 g/mol. The Hall–Kier alpha value is -0.820. The largest absolute Gasteiger partial charge is 0.390 e. The van der Waals surface area contributed by atoms with E-state index in [2.05, 4.69) is 15.6 Å². The molecule has 1 aromatic rings. The predicted octanol–water partition coefficient (Wildman–Crippen LogP) is 0.654. The molecule has 2 heterocycles. The molecule has 21 heavy (non-hydrogen) atoms. The van der Waals surface area contributed by atoms with Crippen molar-refractivity contribution in [3.05, 3.63) is 18.2 Å². The Bertz CT molecular complexity index is 428. The molecule has 0 aromatic carbocycles. The first-order valence-corrected chi connectivity index (χ1v) is 6.82. The molecule has 0 saturated carbocycles. The molecule has 8 heteroatoms. The molecule has 1 saturated heterocycles. The molecule has 0 spiro atoms. The second-order valence-electron chi connectivity index (χ2n) is 5.01. The number of aliphatic hydroxyl groups excluding tert-OH is 1. The number of carbonyl (C=O) groups is 1. The van der Waals surface area contributed by atoms with Gasteiger partial charge in [0.2, 0.25) is 5.91 Å². The number of hydrogen-bond donors (Lipinski definition) is 3. The van der Waals surface area contributed by atoms with Crippen molar-refractivity contribution < 1.29 is 9.90 Å². The van der Waals surface area contributed by atoms with Gasteiger partial charge in [0.25, 0.3) is 0 Å². The monoisotopic (exact) mass is 338 g/mol. The molecule has 3 N–H and O–H groups in total. The predicted molar refractivity (Wildman–Crippen MR) is 86.1 cm³/mol. The number of aryl methyl sites for hydroxylation is 2. The Balaban J connectivity index is 0.00000200. The van der Waals surface area contributed by atoms with Crippen molar-refractivity contribution >= 4 is 30.7 Å². The molecule has 0 unspecified atom stereocenters. The van der Waals surface area contributed by atoms with Crippen molar-refractivity contribution in [3.63, 3.8) is 0 Å². The van der Waals surface area contributed by atoms with Crippen molar-refractivity contribution in [1.29, 1.82) is 0 Å². The van der Waals surface area contributed by atoms with Crippen LogP contribution in [0.4, 0.5) is 0 Å². The molecule has 6 nitrogen and oxygen atoms in total. The van der Waals surface area contributed by atoms with Gasteiger partial charge < -0.3 is 20.3 Å². The Morgan fingerprint density at radius 3 is 2.95 bits per heavy atom. The summed E-state index contributed by atoms with van der Waals surface area (Å²) in [6.07, 6.45) is 5.25. The van der Waals surface area contributed by atoms with E-state index in [1.165, 1.54) is 0 Å². The molecule has 1 aromatic heterocycles. The highest BCUT2D eigenvalue weighted by Crippen LogP contribution is 2.05. The first-order valence-electron chi connectivity index (χ1n) is 6.82. The Kier molecular flexibility index (Phi) is 9.61. The zero-order valence-electron chi connectivity index (χ0n) is 12.1. The second kappa shape index (κ2) is 10.00. The van der Waals surface area contributed by atoms with E-state index in [0.717, 1.165) is 31.8 Å². The van der Waals surface area contributed by atoms with Gasteiger partial charge in [-0.25, -0.2) is 4.98 Å². The number of aliphatic hydroxyl groups is 1. The maximum absolute atomic E-state index is 11.8. The van der Waals surface area contributed by atoms with E-state index in [-0.39, 0.29) is 36.8 Å². The van der Waals surface area contributed by atoms with Crippen LogP contribution in [0.1, 0.15) is 25.1 Å². The molecule has 122 valence electrons. The maximum Gasteiger partial charge on any atom is 0.220 e. The summed E-state index contributed by atoms with van der Waals surface area (Å²) < 4.78 is 2.03. The zero-order chi connectivity index (χ0) is 13.7. The molecule has 0 aliphatic carbocycles. The van der Waals surface area contributed by atoms with E-state index >= 15 is 0 Å². The number of halogens is 2. The first-order chi connectivity index (χ1) is 9.16. The highest BCUT2D eigenvalue weighted by atomic mass is 35.5. The van der Waals surface area contributed by atoms with Crippen LogP contribution >= 0.6 is 24.8 Å². The SMILES string of the molecule is Cc1nccn1CCCC(=O)N[C@@H]1CCNC[C@H]1O.Cl.Cl. The van der Waals surface area contributed by atoms with Crippen molar-refractivity contribution in [2.24, 2.45) is 0 Å². The molecule has 1 aliphatic rings. The Labute approximate surface area is 137 Å². The number of nitrogens with zero attached hydrogens (tertiary/aromatic N) is 2. The van der Waals surface area contributed by atoms with E-state index in [1.807, 2.05) is 17.7 Å². The summed E-state index contributed by atoms with van der Waals surface area (Å²) in [7, 11) is 0. The number of aromatic nitrogens is 2. The molecule has 2 atom stereocenters. The molecule has 0 bridgehead atoms. The Morgan fingerprint density at radius 2 is 2.33 bits per heavy atom. The molecule has 0 radical (unpaired) electrons. The summed E-state index contributed by atoms with van der Waals surface area (Å²) in [5.41, 5.74) is 0. The van der Waals surface area contributed by atoms with Crippen LogP contribution in [0.3, 0.4) is 0 Å². The fourth-order valence-corrected chi connectivity index (χ4v) is 2.34. The summed E-state index contributed by atoms with van der Waals surface area (Å²) in [5.74, 6) is 0.984.